The van der Waals surface area contributed by atoms with Gasteiger partial charge in [-0.15, -0.1) is 0 Å². The second-order valence-corrected chi connectivity index (χ2v) is 5.27. The highest BCUT2D eigenvalue weighted by Crippen LogP contribution is 2.19. The maximum absolute atomic E-state index is 3.71. The van der Waals surface area contributed by atoms with E-state index in [1.54, 1.807) is 0 Å². The molecule has 2 N–H and O–H groups in total. The van der Waals surface area contributed by atoms with Crippen molar-refractivity contribution in [3.63, 3.8) is 0 Å². The quantitative estimate of drug-likeness (QED) is 0.680. The summed E-state index contributed by atoms with van der Waals surface area (Å²) in [7, 11) is 0. The van der Waals surface area contributed by atoms with Crippen LogP contribution in [0.4, 0.5) is 0 Å². The van der Waals surface area contributed by atoms with E-state index in [4.69, 9.17) is 0 Å². The first-order valence-electron chi connectivity index (χ1n) is 6.89. The Labute approximate surface area is 94.2 Å². The molecular formula is C13H26N2. The molecule has 1 saturated carbocycles. The molecule has 0 aromatic heterocycles. The van der Waals surface area contributed by atoms with Gasteiger partial charge in [0.25, 0.3) is 0 Å². The van der Waals surface area contributed by atoms with Crippen molar-refractivity contribution in [2.45, 2.75) is 57.4 Å². The summed E-state index contributed by atoms with van der Waals surface area (Å²) in [4.78, 5) is 0. The highest BCUT2D eigenvalue weighted by Gasteiger charge is 2.15. The second-order valence-electron chi connectivity index (χ2n) is 5.27. The first-order valence-corrected chi connectivity index (χ1v) is 6.89. The molecule has 88 valence electrons. The van der Waals surface area contributed by atoms with Crippen LogP contribution in [0.25, 0.3) is 0 Å². The number of rotatable bonds is 5. The summed E-state index contributed by atoms with van der Waals surface area (Å²) in [5.74, 6) is 1.01. The van der Waals surface area contributed by atoms with Gasteiger partial charge in [-0.25, -0.2) is 0 Å². The van der Waals surface area contributed by atoms with Gasteiger partial charge >= 0.3 is 0 Å². The predicted molar refractivity (Wildman–Crippen MR) is 65.1 cm³/mol. The van der Waals surface area contributed by atoms with Crippen LogP contribution in [-0.2, 0) is 0 Å². The fourth-order valence-corrected chi connectivity index (χ4v) is 3.00. The van der Waals surface area contributed by atoms with Gasteiger partial charge in [0.15, 0.2) is 0 Å². The summed E-state index contributed by atoms with van der Waals surface area (Å²) in [6.07, 6.45) is 11.4. The topological polar surface area (TPSA) is 24.1 Å². The van der Waals surface area contributed by atoms with Gasteiger partial charge in [0, 0.05) is 6.04 Å². The van der Waals surface area contributed by atoms with E-state index in [2.05, 4.69) is 10.6 Å². The average molecular weight is 210 g/mol. The van der Waals surface area contributed by atoms with Gasteiger partial charge in [0.1, 0.15) is 0 Å². The molecule has 2 fully saturated rings. The van der Waals surface area contributed by atoms with Crippen LogP contribution in [0.5, 0.6) is 0 Å². The zero-order valence-electron chi connectivity index (χ0n) is 9.93. The zero-order valence-corrected chi connectivity index (χ0v) is 9.93. The minimum absolute atomic E-state index is 0.859. The van der Waals surface area contributed by atoms with E-state index in [0.29, 0.717) is 0 Å². The number of nitrogens with one attached hydrogen (secondary N) is 2. The Morgan fingerprint density at radius 3 is 2.47 bits per heavy atom. The van der Waals surface area contributed by atoms with E-state index in [1.807, 2.05) is 0 Å². The summed E-state index contributed by atoms with van der Waals surface area (Å²) in [5, 5.41) is 7.14. The molecule has 0 spiro atoms. The first kappa shape index (κ1) is 11.4. The summed E-state index contributed by atoms with van der Waals surface area (Å²) in [6, 6.07) is 0.859. The van der Waals surface area contributed by atoms with E-state index in [0.717, 1.165) is 12.0 Å². The summed E-state index contributed by atoms with van der Waals surface area (Å²) in [5.41, 5.74) is 0. The highest BCUT2D eigenvalue weighted by molar-refractivity contribution is 4.74. The lowest BCUT2D eigenvalue weighted by Crippen LogP contribution is -2.29. The van der Waals surface area contributed by atoms with Crippen LogP contribution >= 0.6 is 0 Å². The molecule has 2 nitrogen and oxygen atoms in total. The van der Waals surface area contributed by atoms with Crippen LogP contribution in [0.1, 0.15) is 51.4 Å². The molecule has 1 heterocycles. The molecule has 0 aromatic carbocycles. The van der Waals surface area contributed by atoms with Crippen molar-refractivity contribution >= 4 is 0 Å². The summed E-state index contributed by atoms with van der Waals surface area (Å²) >= 11 is 0. The lowest BCUT2D eigenvalue weighted by Gasteiger charge is -2.22. The van der Waals surface area contributed by atoms with Crippen LogP contribution in [0.15, 0.2) is 0 Å². The standard InChI is InChI=1S/C13H26N2/c1-2-6-13(5-1)15-9-3-4-12-7-10-14-11-8-12/h12-15H,1-11H2. The molecule has 2 rings (SSSR count). The smallest absolute Gasteiger partial charge is 0.00670 e. The minimum Gasteiger partial charge on any atom is -0.317 e. The van der Waals surface area contributed by atoms with Gasteiger partial charge in [-0.3, -0.25) is 0 Å². The molecule has 15 heavy (non-hydrogen) atoms. The molecule has 0 amide bonds. The summed E-state index contributed by atoms with van der Waals surface area (Å²) < 4.78 is 0. The van der Waals surface area contributed by atoms with Crippen molar-refractivity contribution in [1.82, 2.24) is 10.6 Å². The van der Waals surface area contributed by atoms with Crippen molar-refractivity contribution in [2.75, 3.05) is 19.6 Å². The molecule has 1 aliphatic heterocycles. The van der Waals surface area contributed by atoms with Crippen LogP contribution < -0.4 is 10.6 Å². The molecule has 0 radical (unpaired) electrons. The van der Waals surface area contributed by atoms with E-state index in [9.17, 15) is 0 Å². The maximum atomic E-state index is 3.71. The van der Waals surface area contributed by atoms with Crippen LogP contribution in [0.2, 0.25) is 0 Å². The van der Waals surface area contributed by atoms with Crippen molar-refractivity contribution in [3.05, 3.63) is 0 Å². The zero-order chi connectivity index (χ0) is 10.3. The van der Waals surface area contributed by atoms with Crippen molar-refractivity contribution in [3.8, 4) is 0 Å². The van der Waals surface area contributed by atoms with Gasteiger partial charge < -0.3 is 10.6 Å². The van der Waals surface area contributed by atoms with Gasteiger partial charge in [-0.05, 0) is 64.1 Å². The Hall–Kier alpha value is -0.0800. The Bertz CT molecular complexity index is 158. The molecule has 2 heteroatoms. The highest BCUT2D eigenvalue weighted by atomic mass is 14.9. The fraction of sp³-hybridized carbons (Fsp3) is 1.00. The normalized spacial score (nSPS) is 24.8. The van der Waals surface area contributed by atoms with Crippen LogP contribution in [0.3, 0.4) is 0 Å². The monoisotopic (exact) mass is 210 g/mol. The van der Waals surface area contributed by atoms with Gasteiger partial charge in [0.05, 0.1) is 0 Å². The molecule has 1 saturated heterocycles. The van der Waals surface area contributed by atoms with Crippen LogP contribution in [-0.4, -0.2) is 25.7 Å². The SMILES string of the molecule is C(CNC1CCCC1)CC1CCNCC1. The molecule has 0 unspecified atom stereocenters. The van der Waals surface area contributed by atoms with Gasteiger partial charge in [-0.1, -0.05) is 12.8 Å². The minimum atomic E-state index is 0.859. The molecule has 2 aliphatic rings. The third-order valence-electron chi connectivity index (χ3n) is 4.04. The van der Waals surface area contributed by atoms with Crippen molar-refractivity contribution < 1.29 is 0 Å². The Morgan fingerprint density at radius 1 is 1.00 bits per heavy atom. The van der Waals surface area contributed by atoms with E-state index < -0.39 is 0 Å². The van der Waals surface area contributed by atoms with Gasteiger partial charge in [-0.2, -0.15) is 0 Å². The van der Waals surface area contributed by atoms with Crippen LogP contribution in [0, 0.1) is 5.92 Å². The molecular weight excluding hydrogens is 184 g/mol. The lowest BCUT2D eigenvalue weighted by molar-refractivity contribution is 0.341. The predicted octanol–water partition coefficient (Wildman–Crippen LogP) is 2.30. The molecule has 0 atom stereocenters. The summed E-state index contributed by atoms with van der Waals surface area (Å²) in [6.45, 7) is 3.76. The Morgan fingerprint density at radius 2 is 1.73 bits per heavy atom. The number of hydrogen-bond acceptors (Lipinski definition) is 2. The third kappa shape index (κ3) is 4.12. The van der Waals surface area contributed by atoms with Gasteiger partial charge in [0.2, 0.25) is 0 Å². The number of hydrogen-bond donors (Lipinski definition) is 2. The Kier molecular flexibility index (Phi) is 4.94. The second kappa shape index (κ2) is 6.49. The lowest BCUT2D eigenvalue weighted by atomic mass is 9.93. The largest absolute Gasteiger partial charge is 0.317 e. The van der Waals surface area contributed by atoms with E-state index in [1.165, 1.54) is 71.0 Å². The molecule has 0 bridgehead atoms. The molecule has 1 aliphatic carbocycles. The number of piperidine rings is 1. The average Bonchev–Trinajstić information content (AvgIpc) is 2.79. The third-order valence-corrected chi connectivity index (χ3v) is 4.04. The van der Waals surface area contributed by atoms with Crippen molar-refractivity contribution in [1.29, 1.82) is 0 Å². The van der Waals surface area contributed by atoms with E-state index >= 15 is 0 Å². The maximum Gasteiger partial charge on any atom is 0.00670 e. The fourth-order valence-electron chi connectivity index (χ4n) is 3.00. The first-order chi connectivity index (χ1) is 7.45. The van der Waals surface area contributed by atoms with Crippen molar-refractivity contribution in [2.24, 2.45) is 5.92 Å². The van der Waals surface area contributed by atoms with E-state index in [-0.39, 0.29) is 0 Å². The molecule has 0 aromatic rings. The Balaban J connectivity index is 1.47.